The van der Waals surface area contributed by atoms with Crippen LogP contribution in [-0.2, 0) is 9.53 Å². The molecule has 1 aromatic heterocycles. The van der Waals surface area contributed by atoms with E-state index in [1.807, 2.05) is 25.1 Å². The van der Waals surface area contributed by atoms with Crippen LogP contribution in [0.2, 0.25) is 0 Å². The summed E-state index contributed by atoms with van der Waals surface area (Å²) < 4.78 is 6.31. The number of nitrogens with zero attached hydrogens (tertiary/aromatic N) is 3. The van der Waals surface area contributed by atoms with Crippen LogP contribution in [-0.4, -0.2) is 69.8 Å². The third-order valence-corrected chi connectivity index (χ3v) is 8.00. The molecule has 2 aliphatic rings. The number of aromatic nitrogens is 2. The van der Waals surface area contributed by atoms with Gasteiger partial charge in [0.2, 0.25) is 0 Å². The maximum absolute atomic E-state index is 13.7. The summed E-state index contributed by atoms with van der Waals surface area (Å²) in [4.78, 5) is 45.6. The summed E-state index contributed by atoms with van der Waals surface area (Å²) in [6.45, 7) is 2.50. The molecular weight excluding hydrogens is 472 g/mol. The number of rotatable bonds is 8. The highest BCUT2D eigenvalue weighted by atomic mass is 16.5. The molecule has 9 nitrogen and oxygen atoms in total. The summed E-state index contributed by atoms with van der Waals surface area (Å²) >= 11 is 0. The maximum atomic E-state index is 13.7. The van der Waals surface area contributed by atoms with Crippen molar-refractivity contribution >= 4 is 22.9 Å². The quantitative estimate of drug-likeness (QED) is 0.522. The van der Waals surface area contributed by atoms with Gasteiger partial charge >= 0.3 is 5.97 Å². The monoisotopic (exact) mass is 512 g/mol. The number of carbonyl (C=O) groups is 2. The van der Waals surface area contributed by atoms with Crippen molar-refractivity contribution in [3.63, 3.8) is 0 Å². The van der Waals surface area contributed by atoms with Gasteiger partial charge in [-0.1, -0.05) is 44.2 Å². The Morgan fingerprint density at radius 2 is 1.81 bits per heavy atom. The fraction of sp³-hybridized carbons (Fsp3) is 0.643. The second kappa shape index (κ2) is 12.6. The van der Waals surface area contributed by atoms with E-state index in [0.717, 1.165) is 19.4 Å². The molecule has 1 saturated carbocycles. The number of carbonyl (C=O) groups excluding carboxylic acids is 2. The Labute approximate surface area is 218 Å². The zero-order valence-corrected chi connectivity index (χ0v) is 22.0. The molecule has 2 heterocycles. The van der Waals surface area contributed by atoms with E-state index in [2.05, 4.69) is 19.9 Å². The highest BCUT2D eigenvalue weighted by molar-refractivity contribution is 5.96. The summed E-state index contributed by atoms with van der Waals surface area (Å²) in [7, 11) is 1.17. The van der Waals surface area contributed by atoms with Crippen LogP contribution in [0.15, 0.2) is 29.1 Å². The fourth-order valence-corrected chi connectivity index (χ4v) is 6.14. The van der Waals surface area contributed by atoms with Crippen molar-refractivity contribution in [3.05, 3.63) is 40.3 Å². The minimum absolute atomic E-state index is 0.152. The molecule has 3 atom stereocenters. The van der Waals surface area contributed by atoms with E-state index in [1.165, 1.54) is 58.5 Å². The van der Waals surface area contributed by atoms with Crippen molar-refractivity contribution in [1.29, 1.82) is 0 Å². The number of ether oxygens (including phenoxy) is 1. The van der Waals surface area contributed by atoms with E-state index in [-0.39, 0.29) is 11.7 Å². The van der Waals surface area contributed by atoms with Gasteiger partial charge in [-0.05, 0) is 57.7 Å². The van der Waals surface area contributed by atoms with Crippen LogP contribution in [0.5, 0.6) is 0 Å². The molecule has 9 heteroatoms. The van der Waals surface area contributed by atoms with Gasteiger partial charge in [0, 0.05) is 18.1 Å². The molecule has 2 N–H and O–H groups in total. The molecule has 202 valence electrons. The van der Waals surface area contributed by atoms with Crippen molar-refractivity contribution in [1.82, 2.24) is 19.8 Å². The minimum atomic E-state index is -1.27. The van der Waals surface area contributed by atoms with Crippen LogP contribution >= 0.6 is 0 Å². The van der Waals surface area contributed by atoms with Gasteiger partial charge < -0.3 is 19.7 Å². The number of methoxy groups -OCH3 is 1. The van der Waals surface area contributed by atoms with Crippen molar-refractivity contribution in [3.8, 4) is 0 Å². The van der Waals surface area contributed by atoms with Crippen molar-refractivity contribution in [2.45, 2.75) is 95.3 Å². The Balaban J connectivity index is 1.61. The van der Waals surface area contributed by atoms with Gasteiger partial charge in [-0.3, -0.25) is 14.5 Å². The molecule has 1 aliphatic heterocycles. The highest BCUT2D eigenvalue weighted by Gasteiger charge is 2.33. The number of nitrogens with one attached hydrogen (secondary N) is 1. The van der Waals surface area contributed by atoms with Gasteiger partial charge in [0.1, 0.15) is 0 Å². The molecule has 0 unspecified atom stereocenters. The summed E-state index contributed by atoms with van der Waals surface area (Å²) in [5.74, 6) is -1.60. The molecule has 2 fully saturated rings. The number of hydrogen-bond donors (Lipinski definition) is 2. The number of benzene rings is 1. The standard InChI is InChI=1S/C28H40N4O5/c1-19(17-21-13-10-16-31(21)20-11-6-4-3-5-7-12-20)32-24-15-9-8-14-22(24)29-25(27(32)35)26(34)30-23(18-33)28(36)37-2/h8-9,14-15,19-21,23,33H,3-7,10-13,16-18H2,1-2H3,(H,30,34)/t19-,21-,23-/m0/s1. The second-order valence-corrected chi connectivity index (χ2v) is 10.5. The number of hydrogen-bond acceptors (Lipinski definition) is 7. The average molecular weight is 513 g/mol. The van der Waals surface area contributed by atoms with Crippen LogP contribution in [0.1, 0.15) is 87.7 Å². The van der Waals surface area contributed by atoms with Gasteiger partial charge in [-0.15, -0.1) is 0 Å². The molecule has 1 amide bonds. The van der Waals surface area contributed by atoms with E-state index in [1.54, 1.807) is 10.6 Å². The molecule has 2 aromatic rings. The SMILES string of the molecule is COC(=O)[C@H](CO)NC(=O)c1nc2ccccc2n([C@@H](C)C[C@@H]2CCCN2C2CCCCCCC2)c1=O. The summed E-state index contributed by atoms with van der Waals surface area (Å²) in [6.07, 6.45) is 12.2. The molecular formula is C28H40N4O5. The van der Waals surface area contributed by atoms with Crippen LogP contribution < -0.4 is 10.9 Å². The van der Waals surface area contributed by atoms with Gasteiger partial charge in [-0.2, -0.15) is 0 Å². The van der Waals surface area contributed by atoms with Crippen molar-refractivity contribution in [2.75, 3.05) is 20.3 Å². The van der Waals surface area contributed by atoms with Crippen LogP contribution in [0.3, 0.4) is 0 Å². The number of aliphatic hydroxyl groups excluding tert-OH is 1. The zero-order valence-electron chi connectivity index (χ0n) is 22.0. The molecule has 1 saturated heterocycles. The molecule has 4 rings (SSSR count). The smallest absolute Gasteiger partial charge is 0.330 e. The third-order valence-electron chi connectivity index (χ3n) is 8.00. The van der Waals surface area contributed by atoms with E-state index < -0.39 is 30.1 Å². The Morgan fingerprint density at radius 3 is 2.51 bits per heavy atom. The first-order valence-corrected chi connectivity index (χ1v) is 13.7. The fourth-order valence-electron chi connectivity index (χ4n) is 6.14. The number of para-hydroxylation sites is 2. The molecule has 0 bridgehead atoms. The van der Waals surface area contributed by atoms with E-state index in [0.29, 0.717) is 23.1 Å². The number of fused-ring (bicyclic) bond motifs is 1. The summed E-state index contributed by atoms with van der Waals surface area (Å²) in [5.41, 5.74) is 0.414. The Hall–Kier alpha value is -2.78. The average Bonchev–Trinajstić information content (AvgIpc) is 3.33. The number of esters is 1. The minimum Gasteiger partial charge on any atom is -0.467 e. The van der Waals surface area contributed by atoms with Gasteiger partial charge in [0.05, 0.1) is 24.8 Å². The third kappa shape index (κ3) is 6.21. The lowest BCUT2D eigenvalue weighted by Crippen LogP contribution is -2.46. The van der Waals surface area contributed by atoms with Crippen LogP contribution in [0.25, 0.3) is 11.0 Å². The normalized spacial score (nSPS) is 21.2. The number of amides is 1. The van der Waals surface area contributed by atoms with Gasteiger partial charge in [0.25, 0.3) is 11.5 Å². The lowest BCUT2D eigenvalue weighted by Gasteiger charge is -2.36. The van der Waals surface area contributed by atoms with Gasteiger partial charge in [-0.25, -0.2) is 9.78 Å². The highest BCUT2D eigenvalue weighted by Crippen LogP contribution is 2.32. The number of likely N-dealkylation sites (tertiary alicyclic amines) is 1. The Morgan fingerprint density at radius 1 is 1.11 bits per heavy atom. The van der Waals surface area contributed by atoms with Crippen LogP contribution in [0, 0.1) is 0 Å². The van der Waals surface area contributed by atoms with Crippen LogP contribution in [0.4, 0.5) is 0 Å². The lowest BCUT2D eigenvalue weighted by atomic mass is 9.94. The molecule has 37 heavy (non-hydrogen) atoms. The van der Waals surface area contributed by atoms with Crippen molar-refractivity contribution in [2.24, 2.45) is 0 Å². The first-order chi connectivity index (χ1) is 17.9. The zero-order chi connectivity index (χ0) is 26.4. The second-order valence-electron chi connectivity index (χ2n) is 10.5. The maximum Gasteiger partial charge on any atom is 0.330 e. The van der Waals surface area contributed by atoms with E-state index in [9.17, 15) is 19.5 Å². The summed E-state index contributed by atoms with van der Waals surface area (Å²) in [5, 5.41) is 11.9. The Bertz CT molecular complexity index is 1140. The first-order valence-electron chi connectivity index (χ1n) is 13.7. The van der Waals surface area contributed by atoms with Gasteiger partial charge in [0.15, 0.2) is 11.7 Å². The molecule has 0 spiro atoms. The number of aliphatic hydroxyl groups is 1. The topological polar surface area (TPSA) is 114 Å². The van der Waals surface area contributed by atoms with E-state index in [4.69, 9.17) is 0 Å². The molecule has 1 aromatic carbocycles. The molecule has 0 radical (unpaired) electrons. The predicted octanol–water partition coefficient (Wildman–Crippen LogP) is 3.19. The first kappa shape index (κ1) is 27.3. The van der Waals surface area contributed by atoms with Crippen molar-refractivity contribution < 1.29 is 19.4 Å². The predicted molar refractivity (Wildman–Crippen MR) is 142 cm³/mol. The summed E-state index contributed by atoms with van der Waals surface area (Å²) in [6, 6.07) is 6.89. The van der Waals surface area contributed by atoms with E-state index >= 15 is 0 Å². The Kier molecular flexibility index (Phi) is 9.32. The lowest BCUT2D eigenvalue weighted by molar-refractivity contribution is -0.143. The molecule has 1 aliphatic carbocycles. The largest absolute Gasteiger partial charge is 0.467 e.